The Labute approximate surface area is 116 Å². The summed E-state index contributed by atoms with van der Waals surface area (Å²) in [6, 6.07) is 0.329. The number of carbonyl (C=O) groups is 1. The number of ether oxygens (including phenoxy) is 1. The molecule has 0 aromatic carbocycles. The molecule has 0 aromatic heterocycles. The molecule has 110 valence electrons. The van der Waals surface area contributed by atoms with Gasteiger partial charge in [-0.2, -0.15) is 0 Å². The van der Waals surface area contributed by atoms with Crippen molar-refractivity contribution in [3.05, 3.63) is 0 Å². The fraction of sp³-hybridized carbons (Fsp3) is 0.933. The minimum absolute atomic E-state index is 0.0194. The molecule has 1 saturated carbocycles. The summed E-state index contributed by atoms with van der Waals surface area (Å²) in [5.41, 5.74) is 0. The molecule has 0 aromatic rings. The minimum atomic E-state index is -0.0194. The van der Waals surface area contributed by atoms with E-state index in [9.17, 15) is 4.79 Å². The highest BCUT2D eigenvalue weighted by molar-refractivity contribution is 5.85. The number of amides is 1. The van der Waals surface area contributed by atoms with E-state index in [2.05, 4.69) is 37.9 Å². The normalized spacial score (nSPS) is 35.9. The minimum Gasteiger partial charge on any atom is -0.381 e. The van der Waals surface area contributed by atoms with Crippen molar-refractivity contribution in [3.8, 4) is 0 Å². The Kier molecular flexibility index (Phi) is 4.51. The van der Waals surface area contributed by atoms with E-state index >= 15 is 0 Å². The Balaban J connectivity index is 2.14. The molecule has 1 aliphatic heterocycles. The highest BCUT2D eigenvalue weighted by Crippen LogP contribution is 2.32. The van der Waals surface area contributed by atoms with Crippen LogP contribution in [0.2, 0.25) is 0 Å². The fourth-order valence-electron chi connectivity index (χ4n) is 3.42. The summed E-state index contributed by atoms with van der Waals surface area (Å²) >= 11 is 0. The molecule has 0 bridgehead atoms. The Morgan fingerprint density at radius 3 is 2.37 bits per heavy atom. The molecule has 1 aliphatic carbocycles. The standard InChI is InChI=1S/C15H28N2O2/c1-9(2)13-15(18)17(14(16-13)10(3)4)11-6-7-12(8-11)19-5/h9-14,16H,6-8H2,1-5H3. The van der Waals surface area contributed by atoms with Gasteiger partial charge in [0.15, 0.2) is 0 Å². The molecule has 4 atom stereocenters. The zero-order valence-corrected chi connectivity index (χ0v) is 12.8. The van der Waals surface area contributed by atoms with Crippen LogP contribution in [0, 0.1) is 11.8 Å². The summed E-state index contributed by atoms with van der Waals surface area (Å²) in [6.45, 7) is 8.60. The topological polar surface area (TPSA) is 41.6 Å². The van der Waals surface area contributed by atoms with E-state index in [-0.39, 0.29) is 18.1 Å². The van der Waals surface area contributed by atoms with E-state index in [0.29, 0.717) is 24.0 Å². The monoisotopic (exact) mass is 268 g/mol. The largest absolute Gasteiger partial charge is 0.381 e. The van der Waals surface area contributed by atoms with Gasteiger partial charge in [-0.15, -0.1) is 0 Å². The van der Waals surface area contributed by atoms with E-state index in [4.69, 9.17) is 4.74 Å². The van der Waals surface area contributed by atoms with Gasteiger partial charge in [0.05, 0.1) is 18.3 Å². The summed E-state index contributed by atoms with van der Waals surface area (Å²) in [5, 5.41) is 3.53. The van der Waals surface area contributed by atoms with Crippen LogP contribution in [0.1, 0.15) is 47.0 Å². The van der Waals surface area contributed by atoms with E-state index in [0.717, 1.165) is 19.3 Å². The van der Waals surface area contributed by atoms with Crippen molar-refractivity contribution in [1.29, 1.82) is 0 Å². The summed E-state index contributed by atoms with van der Waals surface area (Å²) in [7, 11) is 1.77. The Bertz CT molecular complexity index is 330. The highest BCUT2D eigenvalue weighted by Gasteiger charge is 2.46. The lowest BCUT2D eigenvalue weighted by Gasteiger charge is -2.32. The first-order valence-corrected chi connectivity index (χ1v) is 7.56. The average molecular weight is 268 g/mol. The maximum atomic E-state index is 12.7. The lowest BCUT2D eigenvalue weighted by molar-refractivity contribution is -0.133. The maximum absolute atomic E-state index is 12.7. The molecule has 2 rings (SSSR count). The van der Waals surface area contributed by atoms with Crippen LogP contribution in [0.4, 0.5) is 0 Å². The van der Waals surface area contributed by atoms with Crippen LogP contribution in [0.25, 0.3) is 0 Å². The van der Waals surface area contributed by atoms with E-state index in [1.165, 1.54) is 0 Å². The average Bonchev–Trinajstić information content (AvgIpc) is 2.92. The van der Waals surface area contributed by atoms with E-state index in [1.54, 1.807) is 7.11 Å². The van der Waals surface area contributed by atoms with Crippen LogP contribution < -0.4 is 5.32 Å². The van der Waals surface area contributed by atoms with Gasteiger partial charge in [-0.05, 0) is 31.1 Å². The number of carbonyl (C=O) groups excluding carboxylic acids is 1. The van der Waals surface area contributed by atoms with Gasteiger partial charge < -0.3 is 9.64 Å². The first kappa shape index (κ1) is 14.8. The van der Waals surface area contributed by atoms with Crippen molar-refractivity contribution in [2.75, 3.05) is 7.11 Å². The number of rotatable bonds is 4. The summed E-state index contributed by atoms with van der Waals surface area (Å²) in [5.74, 6) is 1.07. The Morgan fingerprint density at radius 1 is 1.21 bits per heavy atom. The Morgan fingerprint density at radius 2 is 1.89 bits per heavy atom. The zero-order valence-electron chi connectivity index (χ0n) is 12.8. The van der Waals surface area contributed by atoms with Gasteiger partial charge in [-0.3, -0.25) is 10.1 Å². The molecule has 0 radical (unpaired) electrons. The molecule has 4 heteroatoms. The van der Waals surface area contributed by atoms with Gasteiger partial charge in [-0.25, -0.2) is 0 Å². The third-order valence-corrected chi connectivity index (χ3v) is 4.55. The molecule has 1 amide bonds. The molecule has 4 nitrogen and oxygen atoms in total. The SMILES string of the molecule is COC1CCC(N2C(=O)C(C(C)C)NC2C(C)C)C1. The van der Waals surface area contributed by atoms with Gasteiger partial charge >= 0.3 is 0 Å². The van der Waals surface area contributed by atoms with Crippen LogP contribution in [0.15, 0.2) is 0 Å². The third-order valence-electron chi connectivity index (χ3n) is 4.55. The first-order valence-electron chi connectivity index (χ1n) is 7.56. The van der Waals surface area contributed by atoms with Crippen molar-refractivity contribution in [2.45, 2.75) is 71.3 Å². The van der Waals surface area contributed by atoms with Crippen molar-refractivity contribution < 1.29 is 9.53 Å². The number of methoxy groups -OCH3 is 1. The van der Waals surface area contributed by atoms with Crippen molar-refractivity contribution in [3.63, 3.8) is 0 Å². The van der Waals surface area contributed by atoms with Gasteiger partial charge in [0.2, 0.25) is 5.91 Å². The van der Waals surface area contributed by atoms with Gasteiger partial charge in [0, 0.05) is 13.2 Å². The second-order valence-corrected chi connectivity index (χ2v) is 6.65. The molecule has 1 N–H and O–H groups in total. The smallest absolute Gasteiger partial charge is 0.241 e. The number of nitrogens with zero attached hydrogens (tertiary/aromatic N) is 1. The first-order chi connectivity index (χ1) is 8.95. The van der Waals surface area contributed by atoms with Crippen LogP contribution >= 0.6 is 0 Å². The number of hydrogen-bond donors (Lipinski definition) is 1. The number of hydrogen-bond acceptors (Lipinski definition) is 3. The summed E-state index contributed by atoms with van der Waals surface area (Å²) < 4.78 is 5.45. The second-order valence-electron chi connectivity index (χ2n) is 6.65. The lowest BCUT2D eigenvalue weighted by Crippen LogP contribution is -2.46. The van der Waals surface area contributed by atoms with Crippen molar-refractivity contribution in [1.82, 2.24) is 10.2 Å². The predicted octanol–water partition coefficient (Wildman–Crippen LogP) is 1.99. The van der Waals surface area contributed by atoms with Gasteiger partial charge in [0.25, 0.3) is 0 Å². The molecule has 2 aliphatic rings. The van der Waals surface area contributed by atoms with Crippen molar-refractivity contribution in [2.24, 2.45) is 11.8 Å². The molecule has 0 spiro atoms. The summed E-state index contributed by atoms with van der Waals surface area (Å²) in [6.07, 6.45) is 3.63. The summed E-state index contributed by atoms with van der Waals surface area (Å²) in [4.78, 5) is 14.8. The zero-order chi connectivity index (χ0) is 14.2. The molecular formula is C15H28N2O2. The molecule has 1 saturated heterocycles. The highest BCUT2D eigenvalue weighted by atomic mass is 16.5. The quantitative estimate of drug-likeness (QED) is 0.848. The predicted molar refractivity (Wildman–Crippen MR) is 75.7 cm³/mol. The maximum Gasteiger partial charge on any atom is 0.241 e. The Hall–Kier alpha value is -0.610. The van der Waals surface area contributed by atoms with Crippen LogP contribution in [-0.4, -0.2) is 42.3 Å². The second kappa shape index (κ2) is 5.80. The molecule has 1 heterocycles. The number of nitrogens with one attached hydrogen (secondary N) is 1. The van der Waals surface area contributed by atoms with E-state index < -0.39 is 0 Å². The lowest BCUT2D eigenvalue weighted by atomic mass is 10.0. The van der Waals surface area contributed by atoms with Crippen LogP contribution in [0.5, 0.6) is 0 Å². The molecular weight excluding hydrogens is 240 g/mol. The van der Waals surface area contributed by atoms with Crippen molar-refractivity contribution >= 4 is 5.91 Å². The van der Waals surface area contributed by atoms with Crippen LogP contribution in [-0.2, 0) is 9.53 Å². The molecule has 2 fully saturated rings. The van der Waals surface area contributed by atoms with Gasteiger partial charge in [0.1, 0.15) is 0 Å². The molecule has 4 unspecified atom stereocenters. The van der Waals surface area contributed by atoms with E-state index in [1.807, 2.05) is 0 Å². The fourth-order valence-corrected chi connectivity index (χ4v) is 3.42. The molecule has 19 heavy (non-hydrogen) atoms. The van der Waals surface area contributed by atoms with Gasteiger partial charge in [-0.1, -0.05) is 27.7 Å². The third kappa shape index (κ3) is 2.79. The van der Waals surface area contributed by atoms with Crippen LogP contribution in [0.3, 0.4) is 0 Å².